The van der Waals surface area contributed by atoms with Gasteiger partial charge in [-0.15, -0.1) is 0 Å². The van der Waals surface area contributed by atoms with Crippen molar-refractivity contribution in [3.8, 4) is 0 Å². The molecule has 0 bridgehead atoms. The summed E-state index contributed by atoms with van der Waals surface area (Å²) in [6.07, 6.45) is 0. The van der Waals surface area contributed by atoms with Crippen LogP contribution < -0.4 is 0 Å². The van der Waals surface area contributed by atoms with Gasteiger partial charge in [-0.25, -0.2) is 0 Å². The van der Waals surface area contributed by atoms with Crippen LogP contribution in [0.3, 0.4) is 0 Å². The minimum atomic E-state index is -0.468. The molecule has 0 N–H and O–H groups in total. The third-order valence-electron chi connectivity index (χ3n) is 12.3. The van der Waals surface area contributed by atoms with Crippen LogP contribution in [0.2, 0.25) is 0 Å². The summed E-state index contributed by atoms with van der Waals surface area (Å²) in [5.41, 5.74) is 18.6. The van der Waals surface area contributed by atoms with Crippen molar-refractivity contribution in [2.24, 2.45) is 5.41 Å². The zero-order chi connectivity index (χ0) is 32.9. The molecule has 0 amide bonds. The Morgan fingerprint density at radius 3 is 1.04 bits per heavy atom. The highest BCUT2D eigenvalue weighted by atomic mass is 14.8. The van der Waals surface area contributed by atoms with E-state index >= 15 is 0 Å². The van der Waals surface area contributed by atoms with E-state index in [0.29, 0.717) is 0 Å². The predicted octanol–water partition coefficient (Wildman–Crippen LogP) is 11.8. The van der Waals surface area contributed by atoms with Crippen LogP contribution in [-0.2, 0) is 5.41 Å². The number of rotatable bonds is 4. The van der Waals surface area contributed by atoms with E-state index in [1.54, 1.807) is 0 Å². The molecule has 7 aromatic rings. The van der Waals surface area contributed by atoms with Gasteiger partial charge in [0.1, 0.15) is 0 Å². The fraction of sp³-hybridized carbons (Fsp3) is 0.0800. The fourth-order valence-electron chi connectivity index (χ4n) is 11.1. The van der Waals surface area contributed by atoms with Gasteiger partial charge in [0.15, 0.2) is 0 Å². The lowest BCUT2D eigenvalue weighted by Gasteiger charge is -2.53. The van der Waals surface area contributed by atoms with Gasteiger partial charge in [0.2, 0.25) is 0 Å². The standard InChI is InChI=1S/C50H34/c1-5-19-33(20-6-1)43-44(34-21-7-2-8-22-34)46(36-25-11-4-12-26-36)50-47-37-27-13-14-28-38(37)48(50)40-30-16-18-32-42(40)49(50,41-31-17-15-29-39(41)47)45(43)35-23-9-3-10-24-35/h1-32,47-48H/t47-,48?,49?,50?/m1/s1. The van der Waals surface area contributed by atoms with Crippen LogP contribution >= 0.6 is 0 Å². The summed E-state index contributed by atoms with van der Waals surface area (Å²) < 4.78 is 0. The van der Waals surface area contributed by atoms with E-state index in [-0.39, 0.29) is 17.3 Å². The molecule has 234 valence electrons. The summed E-state index contributed by atoms with van der Waals surface area (Å²) in [7, 11) is 0. The molecule has 4 atom stereocenters. The largest absolute Gasteiger partial charge is 0.0622 e. The van der Waals surface area contributed by atoms with E-state index < -0.39 is 5.41 Å². The molecule has 0 heteroatoms. The van der Waals surface area contributed by atoms with Gasteiger partial charge in [-0.3, -0.25) is 0 Å². The van der Waals surface area contributed by atoms with Crippen LogP contribution in [0.5, 0.6) is 0 Å². The second-order valence-corrected chi connectivity index (χ2v) is 14.3. The van der Waals surface area contributed by atoms with E-state index in [0.717, 1.165) is 0 Å². The van der Waals surface area contributed by atoms with Crippen molar-refractivity contribution in [1.29, 1.82) is 0 Å². The van der Waals surface area contributed by atoms with Crippen molar-refractivity contribution in [2.45, 2.75) is 17.3 Å². The molecule has 4 aliphatic carbocycles. The Balaban J connectivity index is 1.48. The molecule has 11 rings (SSSR count). The number of benzene rings is 7. The lowest BCUT2D eigenvalue weighted by Crippen LogP contribution is -2.47. The second kappa shape index (κ2) is 10.3. The first-order valence-electron chi connectivity index (χ1n) is 17.9. The predicted molar refractivity (Wildman–Crippen MR) is 206 cm³/mol. The molecule has 0 fully saturated rings. The first-order chi connectivity index (χ1) is 24.9. The first-order valence-corrected chi connectivity index (χ1v) is 17.9. The summed E-state index contributed by atoms with van der Waals surface area (Å²) >= 11 is 0. The van der Waals surface area contributed by atoms with Crippen LogP contribution in [0.15, 0.2) is 194 Å². The van der Waals surface area contributed by atoms with Crippen molar-refractivity contribution in [3.63, 3.8) is 0 Å². The summed E-state index contributed by atoms with van der Waals surface area (Å²) in [5.74, 6) is 0.328. The number of allylic oxidation sites excluding steroid dienone is 4. The summed E-state index contributed by atoms with van der Waals surface area (Å²) in [6.45, 7) is 0. The topological polar surface area (TPSA) is 0 Å². The molecule has 0 nitrogen and oxygen atoms in total. The van der Waals surface area contributed by atoms with E-state index in [9.17, 15) is 0 Å². The monoisotopic (exact) mass is 634 g/mol. The molecule has 0 radical (unpaired) electrons. The summed E-state index contributed by atoms with van der Waals surface area (Å²) in [6, 6.07) is 73.6. The van der Waals surface area contributed by atoms with Gasteiger partial charge in [-0.05, 0) is 77.9 Å². The van der Waals surface area contributed by atoms with E-state index in [1.807, 2.05) is 0 Å². The van der Waals surface area contributed by atoms with E-state index in [1.165, 1.54) is 77.9 Å². The molecule has 4 aliphatic rings. The average Bonchev–Trinajstić information content (AvgIpc) is 3.75. The van der Waals surface area contributed by atoms with Crippen LogP contribution in [-0.4, -0.2) is 0 Å². The van der Waals surface area contributed by atoms with Crippen LogP contribution in [0, 0.1) is 5.41 Å². The van der Waals surface area contributed by atoms with Gasteiger partial charge >= 0.3 is 0 Å². The molecule has 0 aliphatic heterocycles. The van der Waals surface area contributed by atoms with Crippen molar-refractivity contribution in [3.05, 3.63) is 250 Å². The molecule has 0 heterocycles. The Kier molecular flexibility index (Phi) is 5.73. The van der Waals surface area contributed by atoms with Crippen molar-refractivity contribution in [2.75, 3.05) is 0 Å². The highest BCUT2D eigenvalue weighted by Crippen LogP contribution is 2.87. The zero-order valence-corrected chi connectivity index (χ0v) is 27.6. The lowest BCUT2D eigenvalue weighted by molar-refractivity contribution is 0.307. The van der Waals surface area contributed by atoms with Gasteiger partial charge < -0.3 is 0 Å². The second-order valence-electron chi connectivity index (χ2n) is 14.3. The Labute approximate surface area is 293 Å². The maximum absolute atomic E-state index is 2.47. The fourth-order valence-corrected chi connectivity index (χ4v) is 11.1. The summed E-state index contributed by atoms with van der Waals surface area (Å²) in [5, 5.41) is 0. The van der Waals surface area contributed by atoms with Crippen LogP contribution in [0.4, 0.5) is 0 Å². The first kappa shape index (κ1) is 27.9. The quantitative estimate of drug-likeness (QED) is 0.181. The molecule has 0 saturated heterocycles. The molecular formula is C50H34. The molecule has 0 aromatic heterocycles. The van der Waals surface area contributed by atoms with Gasteiger partial charge in [0, 0.05) is 17.3 Å². The van der Waals surface area contributed by atoms with Gasteiger partial charge in [-0.1, -0.05) is 194 Å². The third kappa shape index (κ3) is 3.23. The average molecular weight is 635 g/mol. The maximum Gasteiger partial charge on any atom is 0.0584 e. The lowest BCUT2D eigenvalue weighted by atomic mass is 9.47. The summed E-state index contributed by atoms with van der Waals surface area (Å²) in [4.78, 5) is 0. The SMILES string of the molecule is c1ccc(C2=C(c3ccccc3)C34c5ccccc5C5c6ccccc6[C@H](c6ccccc63)C54C(c3ccccc3)=C2c2ccccc2)cc1. The van der Waals surface area contributed by atoms with Crippen molar-refractivity contribution < 1.29 is 0 Å². The molecule has 50 heavy (non-hydrogen) atoms. The molecule has 7 aromatic carbocycles. The third-order valence-corrected chi connectivity index (χ3v) is 12.3. The van der Waals surface area contributed by atoms with Crippen molar-refractivity contribution in [1.82, 2.24) is 0 Å². The van der Waals surface area contributed by atoms with Gasteiger partial charge in [-0.2, -0.15) is 0 Å². The van der Waals surface area contributed by atoms with Crippen LogP contribution in [0.1, 0.15) is 67.5 Å². The molecular weight excluding hydrogens is 601 g/mol. The van der Waals surface area contributed by atoms with Gasteiger partial charge in [0.05, 0.1) is 5.41 Å². The van der Waals surface area contributed by atoms with Crippen LogP contribution in [0.25, 0.3) is 22.3 Å². The van der Waals surface area contributed by atoms with E-state index in [2.05, 4.69) is 194 Å². The molecule has 1 spiro atoms. The Morgan fingerprint density at radius 1 is 0.280 bits per heavy atom. The number of fused-ring (bicyclic) bond motifs is 7. The smallest absolute Gasteiger partial charge is 0.0584 e. The Morgan fingerprint density at radius 2 is 0.600 bits per heavy atom. The highest BCUT2D eigenvalue weighted by Gasteiger charge is 2.78. The van der Waals surface area contributed by atoms with E-state index in [4.69, 9.17) is 0 Å². The Bertz CT molecular complexity index is 2440. The normalized spacial score (nSPS) is 23.6. The number of hydrogen-bond acceptors (Lipinski definition) is 0. The molecule has 3 unspecified atom stereocenters. The zero-order valence-electron chi connectivity index (χ0n) is 27.6. The van der Waals surface area contributed by atoms with Gasteiger partial charge in [0.25, 0.3) is 0 Å². The maximum atomic E-state index is 2.47. The highest BCUT2D eigenvalue weighted by molar-refractivity contribution is 6.28. The number of hydrogen-bond donors (Lipinski definition) is 0. The minimum Gasteiger partial charge on any atom is -0.0622 e. The molecule has 0 saturated carbocycles. The minimum absolute atomic E-state index is 0.164. The van der Waals surface area contributed by atoms with Crippen molar-refractivity contribution >= 4 is 22.3 Å². The Hall–Kier alpha value is -5.98.